The zero-order valence-electron chi connectivity index (χ0n) is 37.8. The number of nitrogens with one attached hydrogen (secondary N) is 1. The molecular formula is C43H74N8O3S. The molecule has 5 aromatic heterocycles. The quantitative estimate of drug-likeness (QED) is 0.145. The van der Waals surface area contributed by atoms with E-state index in [9.17, 15) is 0 Å². The molecule has 5 rings (SSSR count). The second kappa shape index (κ2) is 24.1. The van der Waals surface area contributed by atoms with E-state index in [1.54, 1.807) is 17.6 Å². The molecule has 11 nitrogen and oxygen atoms in total. The molecule has 0 fully saturated rings. The van der Waals surface area contributed by atoms with E-state index in [-0.39, 0.29) is 0 Å². The smallest absolute Gasteiger partial charge is 0.229 e. The van der Waals surface area contributed by atoms with E-state index in [0.717, 1.165) is 46.6 Å². The third-order valence-corrected chi connectivity index (χ3v) is 9.07. The van der Waals surface area contributed by atoms with Gasteiger partial charge >= 0.3 is 0 Å². The van der Waals surface area contributed by atoms with Crippen molar-refractivity contribution in [2.24, 2.45) is 0 Å². The fourth-order valence-corrected chi connectivity index (χ4v) is 5.01. The van der Waals surface area contributed by atoms with Crippen molar-refractivity contribution in [2.75, 3.05) is 0 Å². The van der Waals surface area contributed by atoms with Crippen LogP contribution in [-0.4, -0.2) is 40.3 Å². The molecule has 5 heterocycles. The van der Waals surface area contributed by atoms with Gasteiger partial charge < -0.3 is 13.4 Å². The lowest BCUT2D eigenvalue weighted by atomic mass is 10.1. The van der Waals surface area contributed by atoms with Gasteiger partial charge in [0.05, 0.1) is 22.6 Å². The van der Waals surface area contributed by atoms with Crippen LogP contribution in [0.5, 0.6) is 0 Å². The standard InChI is InChI=1S/2C9H15NO.C9H15NS.C8H15N3.C8H14N2O/c1-6(2)8-5-11-9(10-8)7(3)4;1-6(2)8-5-10-9(11-8)7(3)4;1-6(2)8-5-11-9(10-8)7(3)4;2*1-5(2)7-9-8(6(3)4)11-10-7/h3*5-7H,1-4H3;5-6H,1-4H3,(H,9,10,11);5-6H,1-4H3. The number of aromatic nitrogens is 8. The Kier molecular flexibility index (Phi) is 21.6. The van der Waals surface area contributed by atoms with E-state index in [2.05, 4.69) is 170 Å². The molecule has 0 atom stereocenters. The Hall–Kier alpha value is -3.67. The first-order valence-electron chi connectivity index (χ1n) is 20.2. The van der Waals surface area contributed by atoms with Crippen LogP contribution in [-0.2, 0) is 0 Å². The van der Waals surface area contributed by atoms with Gasteiger partial charge in [-0.05, 0) is 11.8 Å². The molecule has 0 radical (unpaired) electrons. The summed E-state index contributed by atoms with van der Waals surface area (Å²) in [6.45, 7) is 42.0. The van der Waals surface area contributed by atoms with E-state index in [1.165, 1.54) is 10.7 Å². The minimum absolute atomic E-state index is 0.329. The average Bonchev–Trinajstić information content (AvgIpc) is 3.95. The summed E-state index contributed by atoms with van der Waals surface area (Å²) in [5.74, 6) is 10.5. The molecule has 0 aromatic carbocycles. The highest BCUT2D eigenvalue weighted by molar-refractivity contribution is 7.09. The van der Waals surface area contributed by atoms with Gasteiger partial charge in [-0.25, -0.2) is 19.9 Å². The molecule has 5 aromatic rings. The van der Waals surface area contributed by atoms with Gasteiger partial charge in [0.15, 0.2) is 23.4 Å². The van der Waals surface area contributed by atoms with E-state index in [0.29, 0.717) is 59.2 Å². The lowest BCUT2D eigenvalue weighted by Gasteiger charge is -1.99. The van der Waals surface area contributed by atoms with Crippen LogP contribution in [0.15, 0.2) is 31.2 Å². The van der Waals surface area contributed by atoms with E-state index in [4.69, 9.17) is 13.4 Å². The Balaban J connectivity index is 0.000000344. The Morgan fingerprint density at radius 2 is 1.07 bits per heavy atom. The Labute approximate surface area is 336 Å². The van der Waals surface area contributed by atoms with Crippen LogP contribution in [0.1, 0.15) is 255 Å². The van der Waals surface area contributed by atoms with Crippen molar-refractivity contribution in [3.8, 4) is 0 Å². The van der Waals surface area contributed by atoms with Gasteiger partial charge in [0.25, 0.3) is 0 Å². The van der Waals surface area contributed by atoms with Crippen LogP contribution in [0.25, 0.3) is 0 Å². The van der Waals surface area contributed by atoms with Crippen molar-refractivity contribution < 1.29 is 13.4 Å². The highest BCUT2D eigenvalue weighted by Gasteiger charge is 2.13. The van der Waals surface area contributed by atoms with Gasteiger partial charge in [0.1, 0.15) is 17.8 Å². The van der Waals surface area contributed by atoms with E-state index < -0.39 is 0 Å². The lowest BCUT2D eigenvalue weighted by Crippen LogP contribution is -1.92. The van der Waals surface area contributed by atoms with Crippen molar-refractivity contribution in [2.45, 2.75) is 198 Å². The van der Waals surface area contributed by atoms with Gasteiger partial charge in [-0.3, -0.25) is 5.10 Å². The summed E-state index contributed by atoms with van der Waals surface area (Å²) in [7, 11) is 0. The number of oxazole rings is 2. The summed E-state index contributed by atoms with van der Waals surface area (Å²) in [5.41, 5.74) is 2.28. The number of hydrogen-bond acceptors (Lipinski definition) is 11. The number of H-pyrrole nitrogens is 1. The summed E-state index contributed by atoms with van der Waals surface area (Å²) < 4.78 is 15.8. The predicted octanol–water partition coefficient (Wildman–Crippen LogP) is 13.6. The Morgan fingerprint density at radius 3 is 1.35 bits per heavy atom. The van der Waals surface area contributed by atoms with Crippen LogP contribution in [0.4, 0.5) is 0 Å². The first kappa shape index (κ1) is 49.3. The summed E-state index contributed by atoms with van der Waals surface area (Å²) in [4.78, 5) is 21.6. The van der Waals surface area contributed by atoms with Gasteiger partial charge in [0, 0.05) is 52.7 Å². The maximum Gasteiger partial charge on any atom is 0.229 e. The number of thiazole rings is 1. The topological polar surface area (TPSA) is 145 Å². The SMILES string of the molecule is CC(C)c1cnc(C(C)C)o1.CC(C)c1coc(C(C)C)n1.CC(C)c1csc(C(C)C)n1.CC(C)c1n[nH]c(C(C)C)n1.CC(C)c1noc(C(C)C)n1. The zero-order valence-corrected chi connectivity index (χ0v) is 38.6. The lowest BCUT2D eigenvalue weighted by molar-refractivity contribution is 0.359. The monoisotopic (exact) mass is 783 g/mol. The van der Waals surface area contributed by atoms with Crippen molar-refractivity contribution in [3.63, 3.8) is 0 Å². The summed E-state index contributed by atoms with van der Waals surface area (Å²) >= 11 is 1.77. The molecule has 0 amide bonds. The molecular weight excluding hydrogens is 709 g/mol. The molecule has 55 heavy (non-hydrogen) atoms. The minimum Gasteiger partial charge on any atom is -0.448 e. The summed E-state index contributed by atoms with van der Waals surface area (Å²) in [6.07, 6.45) is 3.57. The normalized spacial score (nSPS) is 11.5. The second-order valence-corrected chi connectivity index (χ2v) is 17.8. The average molecular weight is 783 g/mol. The van der Waals surface area contributed by atoms with E-state index in [1.807, 2.05) is 20.0 Å². The molecule has 0 saturated carbocycles. The number of hydrogen-bond donors (Lipinski definition) is 1. The number of nitrogens with zero attached hydrogens (tertiary/aromatic N) is 7. The molecule has 0 aliphatic heterocycles. The van der Waals surface area contributed by atoms with Gasteiger partial charge in [-0.1, -0.05) is 144 Å². The van der Waals surface area contributed by atoms with Crippen molar-refractivity contribution in [1.82, 2.24) is 40.3 Å². The summed E-state index contributed by atoms with van der Waals surface area (Å²) in [6, 6.07) is 0. The first-order valence-corrected chi connectivity index (χ1v) is 21.0. The fraction of sp³-hybridized carbons (Fsp3) is 0.698. The van der Waals surface area contributed by atoms with Crippen LogP contribution in [0.3, 0.4) is 0 Å². The molecule has 1 N–H and O–H groups in total. The van der Waals surface area contributed by atoms with Gasteiger partial charge in [0.2, 0.25) is 5.89 Å². The van der Waals surface area contributed by atoms with Crippen LogP contribution >= 0.6 is 11.3 Å². The summed E-state index contributed by atoms with van der Waals surface area (Å²) in [5, 5.41) is 14.3. The molecule has 0 aliphatic rings. The van der Waals surface area contributed by atoms with Crippen molar-refractivity contribution in [3.05, 3.63) is 75.1 Å². The van der Waals surface area contributed by atoms with Crippen molar-refractivity contribution >= 4 is 11.3 Å². The molecule has 0 saturated heterocycles. The maximum atomic E-state index is 5.50. The fourth-order valence-electron chi connectivity index (χ4n) is 4.02. The molecule has 310 valence electrons. The number of aromatic amines is 1. The van der Waals surface area contributed by atoms with Gasteiger partial charge in [-0.15, -0.1) is 11.3 Å². The third kappa shape index (κ3) is 17.8. The highest BCUT2D eigenvalue weighted by Crippen LogP contribution is 2.24. The molecule has 12 heteroatoms. The second-order valence-electron chi connectivity index (χ2n) is 16.9. The minimum atomic E-state index is 0.329. The van der Waals surface area contributed by atoms with E-state index >= 15 is 0 Å². The van der Waals surface area contributed by atoms with Crippen LogP contribution in [0, 0.1) is 0 Å². The van der Waals surface area contributed by atoms with Crippen LogP contribution < -0.4 is 0 Å². The van der Waals surface area contributed by atoms with Crippen LogP contribution in [0.2, 0.25) is 0 Å². The first-order chi connectivity index (χ1) is 25.5. The maximum absolute atomic E-state index is 5.50. The highest BCUT2D eigenvalue weighted by atomic mass is 32.1. The van der Waals surface area contributed by atoms with Gasteiger partial charge in [-0.2, -0.15) is 10.1 Å². The van der Waals surface area contributed by atoms with Crippen molar-refractivity contribution in [1.29, 1.82) is 0 Å². The Bertz CT molecular complexity index is 1310. The number of rotatable bonds is 10. The third-order valence-electron chi connectivity index (χ3n) is 7.91. The molecule has 0 aliphatic carbocycles. The Morgan fingerprint density at radius 1 is 0.509 bits per heavy atom. The molecule has 0 spiro atoms. The zero-order chi connectivity index (χ0) is 42.2. The molecule has 0 unspecified atom stereocenters. The largest absolute Gasteiger partial charge is 0.448 e. The molecule has 0 bridgehead atoms. The predicted molar refractivity (Wildman–Crippen MR) is 227 cm³/mol.